The molecule has 0 aliphatic rings. The molecule has 7 nitrogen and oxygen atoms in total. The number of anilines is 1. The third kappa shape index (κ3) is 3.70. The maximum atomic E-state index is 5.53. The van der Waals surface area contributed by atoms with Crippen LogP contribution in [0.3, 0.4) is 0 Å². The molecule has 0 spiro atoms. The second-order valence-electron chi connectivity index (χ2n) is 7.16. The average molecular weight is 406 g/mol. The summed E-state index contributed by atoms with van der Waals surface area (Å²) in [5.74, 6) is 3.22. The molecule has 0 bridgehead atoms. The predicted octanol–water partition coefficient (Wildman–Crippen LogP) is 4.36. The van der Waals surface area contributed by atoms with Crippen molar-refractivity contribution in [1.29, 1.82) is 0 Å². The first-order chi connectivity index (χ1) is 14.6. The van der Waals surface area contributed by atoms with Gasteiger partial charge in [-0.3, -0.25) is 0 Å². The zero-order chi connectivity index (χ0) is 21.1. The van der Waals surface area contributed by atoms with Crippen molar-refractivity contribution in [3.63, 3.8) is 0 Å². The molecule has 3 aromatic heterocycles. The second-order valence-corrected chi connectivity index (χ2v) is 7.16. The second kappa shape index (κ2) is 8.49. The van der Waals surface area contributed by atoms with E-state index in [0.717, 1.165) is 58.3 Å². The summed E-state index contributed by atoms with van der Waals surface area (Å²) in [5.41, 5.74) is 4.40. The van der Waals surface area contributed by atoms with Gasteiger partial charge in [0.25, 0.3) is 0 Å². The largest absolute Gasteiger partial charge is 0.493 e. The van der Waals surface area contributed by atoms with Crippen LogP contribution in [0.25, 0.3) is 11.0 Å². The summed E-state index contributed by atoms with van der Waals surface area (Å²) in [5, 5.41) is 4.53. The number of hydrogen-bond donors (Lipinski definition) is 1. The number of aryl methyl sites for hydroxylation is 1. The predicted molar refractivity (Wildman–Crippen MR) is 117 cm³/mol. The molecular weight excluding hydrogens is 380 g/mol. The maximum Gasteiger partial charge on any atom is 0.160 e. The normalized spacial score (nSPS) is 11.1. The van der Waals surface area contributed by atoms with Gasteiger partial charge in [-0.1, -0.05) is 6.07 Å². The highest BCUT2D eigenvalue weighted by atomic mass is 16.5. The van der Waals surface area contributed by atoms with E-state index in [-0.39, 0.29) is 0 Å². The first-order valence-electron chi connectivity index (χ1n) is 9.90. The molecule has 0 atom stereocenters. The monoisotopic (exact) mass is 406 g/mol. The van der Waals surface area contributed by atoms with Gasteiger partial charge in [0, 0.05) is 12.2 Å². The van der Waals surface area contributed by atoms with E-state index in [1.54, 1.807) is 26.8 Å². The van der Waals surface area contributed by atoms with E-state index in [9.17, 15) is 0 Å². The van der Waals surface area contributed by atoms with Gasteiger partial charge in [-0.25, -0.2) is 9.97 Å². The van der Waals surface area contributed by atoms with Crippen molar-refractivity contribution in [1.82, 2.24) is 14.5 Å². The van der Waals surface area contributed by atoms with Crippen LogP contribution in [-0.4, -0.2) is 35.3 Å². The first kappa shape index (κ1) is 19.8. The average Bonchev–Trinajstić information content (AvgIpc) is 3.37. The van der Waals surface area contributed by atoms with Crippen molar-refractivity contribution in [3.8, 4) is 11.5 Å². The minimum Gasteiger partial charge on any atom is -0.493 e. The molecule has 0 aliphatic heterocycles. The Balaban J connectivity index is 1.55. The fraction of sp³-hybridized carbons (Fsp3) is 0.304. The standard InChI is InChI=1S/C23H26N4O3/c1-15-16(2)27(13-18-6-5-11-30-18)23-21(15)22(25-14-26-23)24-10-9-17-7-8-19(28-3)20(12-17)29-4/h5-8,11-12,14H,9-10,13H2,1-4H3,(H,24,25,26). The van der Waals surface area contributed by atoms with Crippen LogP contribution in [0.1, 0.15) is 22.6 Å². The molecule has 156 valence electrons. The van der Waals surface area contributed by atoms with Crippen molar-refractivity contribution >= 4 is 16.9 Å². The van der Waals surface area contributed by atoms with Gasteiger partial charge in [0.15, 0.2) is 11.5 Å². The van der Waals surface area contributed by atoms with E-state index in [0.29, 0.717) is 6.54 Å². The van der Waals surface area contributed by atoms with E-state index < -0.39 is 0 Å². The summed E-state index contributed by atoms with van der Waals surface area (Å²) in [6.45, 7) is 5.60. The van der Waals surface area contributed by atoms with Crippen LogP contribution in [0.5, 0.6) is 11.5 Å². The maximum absolute atomic E-state index is 5.53. The Morgan fingerprint density at radius 2 is 1.90 bits per heavy atom. The Morgan fingerprint density at radius 1 is 1.07 bits per heavy atom. The summed E-state index contributed by atoms with van der Waals surface area (Å²) in [6, 6.07) is 9.86. The van der Waals surface area contributed by atoms with E-state index in [2.05, 4.69) is 33.7 Å². The number of aromatic nitrogens is 3. The number of benzene rings is 1. The highest BCUT2D eigenvalue weighted by Gasteiger charge is 2.17. The van der Waals surface area contributed by atoms with E-state index in [1.807, 2.05) is 30.3 Å². The summed E-state index contributed by atoms with van der Waals surface area (Å²) in [6.07, 6.45) is 4.13. The summed E-state index contributed by atoms with van der Waals surface area (Å²) in [7, 11) is 3.29. The molecule has 0 radical (unpaired) electrons. The topological polar surface area (TPSA) is 74.3 Å². The van der Waals surface area contributed by atoms with Crippen molar-refractivity contribution in [2.45, 2.75) is 26.8 Å². The molecule has 7 heteroatoms. The van der Waals surface area contributed by atoms with Crippen molar-refractivity contribution < 1.29 is 13.9 Å². The number of nitrogens with one attached hydrogen (secondary N) is 1. The number of fused-ring (bicyclic) bond motifs is 1. The summed E-state index contributed by atoms with van der Waals surface area (Å²) >= 11 is 0. The van der Waals surface area contributed by atoms with Crippen LogP contribution >= 0.6 is 0 Å². The lowest BCUT2D eigenvalue weighted by Crippen LogP contribution is -2.08. The Kier molecular flexibility index (Phi) is 5.61. The van der Waals surface area contributed by atoms with Crippen molar-refractivity contribution in [2.24, 2.45) is 0 Å². The van der Waals surface area contributed by atoms with Crippen molar-refractivity contribution in [3.05, 3.63) is 65.5 Å². The molecule has 0 aliphatic carbocycles. The third-order valence-corrected chi connectivity index (χ3v) is 5.45. The highest BCUT2D eigenvalue weighted by Crippen LogP contribution is 2.30. The molecule has 1 N–H and O–H groups in total. The Bertz CT molecular complexity index is 1150. The van der Waals surface area contributed by atoms with E-state index in [1.165, 1.54) is 5.56 Å². The Morgan fingerprint density at radius 3 is 2.63 bits per heavy atom. The highest BCUT2D eigenvalue weighted by molar-refractivity contribution is 5.91. The zero-order valence-electron chi connectivity index (χ0n) is 17.7. The number of methoxy groups -OCH3 is 2. The molecule has 0 saturated heterocycles. The number of ether oxygens (including phenoxy) is 2. The minimum atomic E-state index is 0.644. The van der Waals surface area contributed by atoms with Crippen LogP contribution in [0.4, 0.5) is 5.82 Å². The van der Waals surface area contributed by atoms with E-state index in [4.69, 9.17) is 13.9 Å². The van der Waals surface area contributed by atoms with Crippen LogP contribution in [-0.2, 0) is 13.0 Å². The minimum absolute atomic E-state index is 0.644. The molecule has 0 amide bonds. The van der Waals surface area contributed by atoms with Crippen LogP contribution in [0.2, 0.25) is 0 Å². The quantitative estimate of drug-likeness (QED) is 0.469. The van der Waals surface area contributed by atoms with Crippen molar-refractivity contribution in [2.75, 3.05) is 26.1 Å². The first-order valence-corrected chi connectivity index (χ1v) is 9.90. The van der Waals surface area contributed by atoms with Gasteiger partial charge in [-0.05, 0) is 55.7 Å². The molecular formula is C23H26N4O3. The van der Waals surface area contributed by atoms with Gasteiger partial charge < -0.3 is 23.8 Å². The van der Waals surface area contributed by atoms with Gasteiger partial charge in [0.1, 0.15) is 23.6 Å². The number of hydrogen-bond acceptors (Lipinski definition) is 6. The SMILES string of the molecule is COc1ccc(CCNc2ncnc3c2c(C)c(C)n3Cc2ccco2)cc1OC. The van der Waals surface area contributed by atoms with Gasteiger partial charge >= 0.3 is 0 Å². The number of rotatable bonds is 8. The lowest BCUT2D eigenvalue weighted by molar-refractivity contribution is 0.354. The smallest absolute Gasteiger partial charge is 0.160 e. The van der Waals surface area contributed by atoms with Gasteiger partial charge in [-0.2, -0.15) is 0 Å². The molecule has 0 unspecified atom stereocenters. The van der Waals surface area contributed by atoms with E-state index >= 15 is 0 Å². The third-order valence-electron chi connectivity index (χ3n) is 5.45. The Hall–Kier alpha value is -3.48. The van der Waals surface area contributed by atoms with Gasteiger partial charge in [0.2, 0.25) is 0 Å². The molecule has 1 aromatic carbocycles. The van der Waals surface area contributed by atoms with Crippen LogP contribution in [0.15, 0.2) is 47.3 Å². The lowest BCUT2D eigenvalue weighted by Gasteiger charge is -2.11. The fourth-order valence-corrected chi connectivity index (χ4v) is 3.72. The zero-order valence-corrected chi connectivity index (χ0v) is 17.7. The van der Waals surface area contributed by atoms with Gasteiger partial charge in [-0.15, -0.1) is 0 Å². The molecule has 3 heterocycles. The Labute approximate surface area is 175 Å². The van der Waals surface area contributed by atoms with Crippen LogP contribution in [0, 0.1) is 13.8 Å². The van der Waals surface area contributed by atoms with Gasteiger partial charge in [0.05, 0.1) is 32.4 Å². The fourth-order valence-electron chi connectivity index (χ4n) is 3.72. The molecule has 30 heavy (non-hydrogen) atoms. The molecule has 4 rings (SSSR count). The lowest BCUT2D eigenvalue weighted by atomic mass is 10.1. The molecule has 0 fully saturated rings. The number of furan rings is 1. The molecule has 0 saturated carbocycles. The summed E-state index contributed by atoms with van der Waals surface area (Å²) < 4.78 is 18.4. The van der Waals surface area contributed by atoms with Crippen LogP contribution < -0.4 is 14.8 Å². The molecule has 4 aromatic rings. The summed E-state index contributed by atoms with van der Waals surface area (Å²) in [4.78, 5) is 9.06. The number of nitrogens with zero attached hydrogens (tertiary/aromatic N) is 3.